The number of nitrogens with zero attached hydrogens (tertiary/aromatic N) is 5. The summed E-state index contributed by atoms with van der Waals surface area (Å²) in [5.74, 6) is 0.494. The van der Waals surface area contributed by atoms with E-state index in [0.29, 0.717) is 18.8 Å². The molecule has 2 aromatic heterocycles. The van der Waals surface area contributed by atoms with Crippen LogP contribution in [0.2, 0.25) is 0 Å². The van der Waals surface area contributed by atoms with Gasteiger partial charge in [0.1, 0.15) is 0 Å². The van der Waals surface area contributed by atoms with Crippen molar-refractivity contribution in [1.82, 2.24) is 29.8 Å². The second-order valence-corrected chi connectivity index (χ2v) is 9.30. The average Bonchev–Trinajstić information content (AvgIpc) is 3.57. The molecule has 0 bridgehead atoms. The van der Waals surface area contributed by atoms with E-state index in [4.69, 9.17) is 0 Å². The lowest BCUT2D eigenvalue weighted by atomic mass is 9.88. The summed E-state index contributed by atoms with van der Waals surface area (Å²) in [6.45, 7) is 2.36. The number of aromatic amines is 1. The Hall–Kier alpha value is -4.07. The SMILES string of the molecule is CC=CCc1cn(C(=O)C2CCCCC2)c(=O)n1Cc1ccc(-c2ccccc2-c2nnn[nH]2)cc1. The molecule has 0 spiro atoms. The third-order valence-electron chi connectivity index (χ3n) is 6.95. The molecule has 2 heterocycles. The van der Waals surface area contributed by atoms with Crippen molar-refractivity contribution < 1.29 is 4.79 Å². The summed E-state index contributed by atoms with van der Waals surface area (Å²) in [5.41, 5.74) is 4.53. The predicted octanol–water partition coefficient (Wildman–Crippen LogP) is 4.88. The fourth-order valence-electron chi connectivity index (χ4n) is 4.99. The van der Waals surface area contributed by atoms with Crippen LogP contribution in [-0.4, -0.2) is 35.7 Å². The van der Waals surface area contributed by atoms with Crippen molar-refractivity contribution in [2.75, 3.05) is 0 Å². The van der Waals surface area contributed by atoms with Gasteiger partial charge in [0.2, 0.25) is 5.91 Å². The second-order valence-electron chi connectivity index (χ2n) is 9.30. The molecule has 2 aromatic carbocycles. The third-order valence-corrected chi connectivity index (χ3v) is 6.95. The summed E-state index contributed by atoms with van der Waals surface area (Å²) in [5, 5.41) is 14.3. The maximum Gasteiger partial charge on any atom is 0.335 e. The first kappa shape index (κ1) is 23.7. The van der Waals surface area contributed by atoms with Gasteiger partial charge in [-0.15, -0.1) is 5.10 Å². The molecule has 1 fully saturated rings. The molecule has 8 heteroatoms. The number of nitrogens with one attached hydrogen (secondary N) is 1. The second kappa shape index (κ2) is 10.7. The van der Waals surface area contributed by atoms with E-state index >= 15 is 0 Å². The molecule has 4 aromatic rings. The monoisotopic (exact) mass is 482 g/mol. The van der Waals surface area contributed by atoms with Gasteiger partial charge in [-0.05, 0) is 46.9 Å². The van der Waals surface area contributed by atoms with Gasteiger partial charge in [0.15, 0.2) is 5.82 Å². The maximum absolute atomic E-state index is 13.4. The van der Waals surface area contributed by atoms with E-state index in [9.17, 15) is 9.59 Å². The molecule has 1 aliphatic rings. The van der Waals surface area contributed by atoms with E-state index in [1.54, 1.807) is 10.8 Å². The van der Waals surface area contributed by atoms with E-state index in [1.165, 1.54) is 11.0 Å². The number of tetrazole rings is 1. The molecule has 0 amide bonds. The minimum Gasteiger partial charge on any atom is -0.291 e. The van der Waals surface area contributed by atoms with E-state index in [1.807, 2.05) is 67.6 Å². The van der Waals surface area contributed by atoms with Crippen LogP contribution in [0.15, 0.2) is 71.7 Å². The quantitative estimate of drug-likeness (QED) is 0.379. The molecular weight excluding hydrogens is 452 g/mol. The van der Waals surface area contributed by atoms with Crippen LogP contribution in [0.25, 0.3) is 22.5 Å². The van der Waals surface area contributed by atoms with Crippen molar-refractivity contribution >= 4 is 5.91 Å². The Kier molecular flexibility index (Phi) is 7.02. The van der Waals surface area contributed by atoms with Crippen molar-refractivity contribution in [2.45, 2.75) is 52.0 Å². The molecule has 0 saturated heterocycles. The van der Waals surface area contributed by atoms with Crippen molar-refractivity contribution in [3.05, 3.63) is 88.6 Å². The molecule has 0 atom stereocenters. The summed E-state index contributed by atoms with van der Waals surface area (Å²) >= 11 is 0. The van der Waals surface area contributed by atoms with Gasteiger partial charge in [0, 0.05) is 29.8 Å². The molecule has 5 rings (SSSR count). The van der Waals surface area contributed by atoms with Crippen LogP contribution in [-0.2, 0) is 13.0 Å². The molecule has 0 aliphatic heterocycles. The van der Waals surface area contributed by atoms with Crippen LogP contribution in [0.3, 0.4) is 0 Å². The number of carbonyl (C=O) groups excluding carboxylic acids is 1. The van der Waals surface area contributed by atoms with Crippen molar-refractivity contribution in [2.24, 2.45) is 5.92 Å². The Morgan fingerprint density at radius 1 is 1.06 bits per heavy atom. The first-order valence-electron chi connectivity index (χ1n) is 12.5. The van der Waals surface area contributed by atoms with Crippen LogP contribution in [0.4, 0.5) is 0 Å². The number of hydrogen-bond donors (Lipinski definition) is 1. The van der Waals surface area contributed by atoms with Gasteiger partial charge >= 0.3 is 5.69 Å². The van der Waals surface area contributed by atoms with Gasteiger partial charge < -0.3 is 0 Å². The van der Waals surface area contributed by atoms with Crippen LogP contribution in [0.5, 0.6) is 0 Å². The Morgan fingerprint density at radius 3 is 2.50 bits per heavy atom. The minimum absolute atomic E-state index is 0.0548. The Labute approximate surface area is 209 Å². The zero-order chi connectivity index (χ0) is 24.9. The van der Waals surface area contributed by atoms with Crippen molar-refractivity contribution in [3.63, 3.8) is 0 Å². The molecule has 8 nitrogen and oxygen atoms in total. The maximum atomic E-state index is 13.4. The number of allylic oxidation sites excluding steroid dienone is 2. The van der Waals surface area contributed by atoms with Gasteiger partial charge in [-0.3, -0.25) is 9.36 Å². The number of rotatable bonds is 7. The zero-order valence-corrected chi connectivity index (χ0v) is 20.4. The van der Waals surface area contributed by atoms with Crippen molar-refractivity contribution in [3.8, 4) is 22.5 Å². The minimum atomic E-state index is -0.252. The van der Waals surface area contributed by atoms with Gasteiger partial charge in [0.05, 0.1) is 6.54 Å². The smallest absolute Gasteiger partial charge is 0.291 e. The molecule has 0 unspecified atom stereocenters. The zero-order valence-electron chi connectivity index (χ0n) is 20.4. The molecule has 184 valence electrons. The lowest BCUT2D eigenvalue weighted by Gasteiger charge is -2.19. The molecule has 1 N–H and O–H groups in total. The number of imidazole rings is 1. The molecule has 36 heavy (non-hydrogen) atoms. The Bertz CT molecular complexity index is 1410. The fraction of sp³-hybridized carbons (Fsp3) is 0.321. The summed E-state index contributed by atoms with van der Waals surface area (Å²) in [7, 11) is 0. The van der Waals surface area contributed by atoms with E-state index in [0.717, 1.165) is 53.6 Å². The molecule has 1 saturated carbocycles. The number of H-pyrrole nitrogens is 1. The van der Waals surface area contributed by atoms with Gasteiger partial charge in [-0.1, -0.05) is 79.9 Å². The topological polar surface area (TPSA) is 98.5 Å². The fourth-order valence-corrected chi connectivity index (χ4v) is 4.99. The molecular formula is C28H30N6O2. The molecule has 1 aliphatic carbocycles. The van der Waals surface area contributed by atoms with Gasteiger partial charge in [-0.25, -0.2) is 14.5 Å². The highest BCUT2D eigenvalue weighted by Gasteiger charge is 2.25. The highest BCUT2D eigenvalue weighted by Crippen LogP contribution is 2.30. The van der Waals surface area contributed by atoms with E-state index in [2.05, 4.69) is 20.6 Å². The van der Waals surface area contributed by atoms with E-state index in [-0.39, 0.29) is 17.5 Å². The summed E-state index contributed by atoms with van der Waals surface area (Å²) < 4.78 is 3.08. The Morgan fingerprint density at radius 2 is 1.81 bits per heavy atom. The standard InChI is InChI=1S/C28H30N6O2/c1-2-3-11-23-19-34(27(35)22-9-5-4-6-10-22)28(36)33(23)18-20-14-16-21(17-15-20)24-12-7-8-13-25(24)26-29-31-32-30-26/h2-3,7-8,12-17,19,22H,4-6,9-11,18H2,1H3,(H,29,30,31,32). The van der Waals surface area contributed by atoms with Crippen molar-refractivity contribution in [1.29, 1.82) is 0 Å². The van der Waals surface area contributed by atoms with Crippen LogP contribution in [0.1, 0.15) is 55.1 Å². The molecule has 0 radical (unpaired) electrons. The summed E-state index contributed by atoms with van der Waals surface area (Å²) in [6, 6.07) is 16.1. The normalized spacial score (nSPS) is 14.5. The number of carbonyl (C=O) groups is 1. The van der Waals surface area contributed by atoms with Crippen LogP contribution < -0.4 is 5.69 Å². The lowest BCUT2D eigenvalue weighted by molar-refractivity contribution is 0.0796. The van der Waals surface area contributed by atoms with Crippen LogP contribution >= 0.6 is 0 Å². The summed E-state index contributed by atoms with van der Waals surface area (Å²) in [4.78, 5) is 26.5. The van der Waals surface area contributed by atoms with Gasteiger partial charge in [0.25, 0.3) is 0 Å². The number of hydrogen-bond acceptors (Lipinski definition) is 5. The van der Waals surface area contributed by atoms with E-state index < -0.39 is 0 Å². The van der Waals surface area contributed by atoms with Crippen LogP contribution in [0, 0.1) is 5.92 Å². The van der Waals surface area contributed by atoms with Gasteiger partial charge in [-0.2, -0.15) is 0 Å². The first-order chi connectivity index (χ1) is 17.7. The Balaban J connectivity index is 1.43. The lowest BCUT2D eigenvalue weighted by Crippen LogP contribution is -2.34. The average molecular weight is 483 g/mol. The largest absolute Gasteiger partial charge is 0.335 e. The highest BCUT2D eigenvalue weighted by atomic mass is 16.2. The first-order valence-corrected chi connectivity index (χ1v) is 12.5. The third kappa shape index (κ3) is 4.84. The predicted molar refractivity (Wildman–Crippen MR) is 139 cm³/mol. The number of benzene rings is 2. The highest BCUT2D eigenvalue weighted by molar-refractivity contribution is 5.81. The number of aromatic nitrogens is 6. The summed E-state index contributed by atoms with van der Waals surface area (Å²) in [6.07, 6.45) is 11.3.